The van der Waals surface area contributed by atoms with Crippen molar-refractivity contribution in [2.75, 3.05) is 5.32 Å². The number of aromatic nitrogens is 2. The van der Waals surface area contributed by atoms with Crippen LogP contribution in [0.2, 0.25) is 10.2 Å². The minimum atomic E-state index is -2.63. The summed E-state index contributed by atoms with van der Waals surface area (Å²) in [6.45, 7) is 1.73. The average molecular weight is 421 g/mol. The van der Waals surface area contributed by atoms with Crippen LogP contribution in [-0.2, 0) is 7.05 Å². The summed E-state index contributed by atoms with van der Waals surface area (Å²) >= 11 is 13.3. The smallest absolute Gasteiger partial charge is 0.273 e. The highest BCUT2D eigenvalue weighted by Crippen LogP contribution is 2.47. The Hall–Kier alpha value is -1.35. The molecule has 2 heterocycles. The Labute approximate surface area is 163 Å². The Kier molecular flexibility index (Phi) is 5.22. The minimum Gasteiger partial charge on any atom is -0.344 e. The number of carbonyl (C=O) groups is 1. The molecular formula is C16H16Cl2F2N4OS. The van der Waals surface area contributed by atoms with Gasteiger partial charge in [-0.1, -0.05) is 23.2 Å². The van der Waals surface area contributed by atoms with E-state index in [2.05, 4.69) is 15.0 Å². The van der Waals surface area contributed by atoms with Gasteiger partial charge in [0.2, 0.25) is 0 Å². The Morgan fingerprint density at radius 1 is 1.38 bits per heavy atom. The first-order chi connectivity index (χ1) is 12.1. The molecule has 10 heteroatoms. The summed E-state index contributed by atoms with van der Waals surface area (Å²) in [5.41, 5.74) is 0.0839. The van der Waals surface area contributed by atoms with Gasteiger partial charge in [-0.05, 0) is 31.0 Å². The number of pyridine rings is 1. The first kappa shape index (κ1) is 19.4. The van der Waals surface area contributed by atoms with Crippen molar-refractivity contribution in [2.24, 2.45) is 7.05 Å². The molecule has 1 aliphatic carbocycles. The van der Waals surface area contributed by atoms with Crippen molar-refractivity contribution in [3.8, 4) is 0 Å². The summed E-state index contributed by atoms with van der Waals surface area (Å²) in [5.74, 6) is -3.03. The number of hydrogen-bond acceptors (Lipinski definition) is 4. The van der Waals surface area contributed by atoms with E-state index in [0.717, 1.165) is 11.9 Å². The van der Waals surface area contributed by atoms with Crippen LogP contribution < -0.4 is 10.0 Å². The van der Waals surface area contributed by atoms with Crippen LogP contribution in [0.3, 0.4) is 0 Å². The predicted molar refractivity (Wildman–Crippen MR) is 99.2 cm³/mol. The fourth-order valence-electron chi connectivity index (χ4n) is 2.91. The van der Waals surface area contributed by atoms with E-state index in [1.165, 1.54) is 12.3 Å². The molecule has 2 N–H and O–H groups in total. The van der Waals surface area contributed by atoms with E-state index in [-0.39, 0.29) is 28.7 Å². The third kappa shape index (κ3) is 4.14. The summed E-state index contributed by atoms with van der Waals surface area (Å²) in [5, 5.41) is 3.21. The number of anilines is 1. The molecule has 0 radical (unpaired) electrons. The molecule has 0 bridgehead atoms. The Morgan fingerprint density at radius 3 is 2.69 bits per heavy atom. The van der Waals surface area contributed by atoms with Crippen molar-refractivity contribution in [1.29, 1.82) is 0 Å². The molecule has 0 aromatic carbocycles. The van der Waals surface area contributed by atoms with Crippen molar-refractivity contribution in [3.63, 3.8) is 0 Å². The third-order valence-electron chi connectivity index (χ3n) is 3.99. The lowest BCUT2D eigenvalue weighted by atomic mass is 9.76. The SMILES string of the molecule is Cn1cc(SNC2(C)CC(F)(F)C2)c(Cl)c1C(=O)Nc1ccnc(Cl)c1. The standard InChI is InChI=1S/C16H16Cl2F2N4OS/c1-15(7-16(19,20)8-15)23-26-10-6-24(2)13(12(10)18)14(25)22-9-3-4-21-11(17)5-9/h3-6,23H,7-8H2,1-2H3,(H,21,22,25). The van der Waals surface area contributed by atoms with Crippen molar-refractivity contribution in [3.05, 3.63) is 40.4 Å². The van der Waals surface area contributed by atoms with Gasteiger partial charge in [-0.2, -0.15) is 0 Å². The van der Waals surface area contributed by atoms with Gasteiger partial charge in [0.05, 0.1) is 9.92 Å². The zero-order valence-corrected chi connectivity index (χ0v) is 16.3. The molecule has 0 atom stereocenters. The number of halogens is 4. The predicted octanol–water partition coefficient (Wildman–Crippen LogP) is 4.76. The van der Waals surface area contributed by atoms with E-state index in [1.54, 1.807) is 30.8 Å². The maximum absolute atomic E-state index is 13.1. The van der Waals surface area contributed by atoms with E-state index in [0.29, 0.717) is 10.6 Å². The number of aryl methyl sites for hydroxylation is 1. The fourth-order valence-corrected chi connectivity index (χ4v) is 4.37. The molecule has 1 aliphatic rings. The van der Waals surface area contributed by atoms with Crippen molar-refractivity contribution >= 4 is 46.7 Å². The van der Waals surface area contributed by atoms with Gasteiger partial charge in [-0.3, -0.25) is 9.52 Å². The molecule has 0 saturated heterocycles. The van der Waals surface area contributed by atoms with E-state index in [9.17, 15) is 13.6 Å². The first-order valence-electron chi connectivity index (χ1n) is 7.68. The zero-order chi connectivity index (χ0) is 19.1. The molecule has 5 nitrogen and oxygen atoms in total. The lowest BCUT2D eigenvalue weighted by Gasteiger charge is -2.44. The van der Waals surface area contributed by atoms with Gasteiger partial charge in [0.15, 0.2) is 0 Å². The van der Waals surface area contributed by atoms with Crippen molar-refractivity contribution in [2.45, 2.75) is 36.1 Å². The second kappa shape index (κ2) is 6.99. The summed E-state index contributed by atoms with van der Waals surface area (Å²) in [6.07, 6.45) is 2.70. The number of carbonyl (C=O) groups excluding carboxylic acids is 1. The van der Waals surface area contributed by atoms with E-state index < -0.39 is 17.4 Å². The number of nitrogens with zero attached hydrogens (tertiary/aromatic N) is 2. The van der Waals surface area contributed by atoms with E-state index in [1.807, 2.05) is 0 Å². The number of alkyl halides is 2. The molecule has 1 amide bonds. The number of hydrogen-bond donors (Lipinski definition) is 2. The molecule has 26 heavy (non-hydrogen) atoms. The van der Waals surface area contributed by atoms with Gasteiger partial charge < -0.3 is 9.88 Å². The van der Waals surface area contributed by atoms with Crippen LogP contribution >= 0.6 is 35.1 Å². The lowest BCUT2D eigenvalue weighted by molar-refractivity contribution is -0.120. The Balaban J connectivity index is 1.70. The second-order valence-corrected chi connectivity index (χ2v) is 8.18. The van der Waals surface area contributed by atoms with Gasteiger partial charge in [-0.25, -0.2) is 13.8 Å². The van der Waals surface area contributed by atoms with Crippen molar-refractivity contribution in [1.82, 2.24) is 14.3 Å². The van der Waals surface area contributed by atoms with Gasteiger partial charge in [0.1, 0.15) is 10.8 Å². The third-order valence-corrected chi connectivity index (χ3v) is 5.82. The monoisotopic (exact) mass is 420 g/mol. The molecule has 2 aromatic heterocycles. The van der Waals surface area contributed by atoms with Gasteiger partial charge >= 0.3 is 0 Å². The molecule has 0 aliphatic heterocycles. The maximum atomic E-state index is 13.1. The molecule has 1 fully saturated rings. The number of amides is 1. The first-order valence-corrected chi connectivity index (χ1v) is 9.25. The van der Waals surface area contributed by atoms with Crippen LogP contribution in [-0.4, -0.2) is 26.9 Å². The van der Waals surface area contributed by atoms with Gasteiger partial charge in [-0.15, -0.1) is 0 Å². The van der Waals surface area contributed by atoms with Crippen LogP contribution in [0.15, 0.2) is 29.4 Å². The number of nitrogens with one attached hydrogen (secondary N) is 2. The molecule has 0 spiro atoms. The molecule has 0 unspecified atom stereocenters. The summed E-state index contributed by atoms with van der Waals surface area (Å²) in [7, 11) is 1.68. The minimum absolute atomic E-state index is 0.229. The quantitative estimate of drug-likeness (QED) is 0.540. The van der Waals surface area contributed by atoms with Gasteiger partial charge in [0, 0.05) is 43.5 Å². The van der Waals surface area contributed by atoms with E-state index >= 15 is 0 Å². The molecule has 140 valence electrons. The lowest BCUT2D eigenvalue weighted by Crippen LogP contribution is -2.56. The molecule has 1 saturated carbocycles. The second-order valence-electron chi connectivity index (χ2n) is 6.56. The van der Waals surface area contributed by atoms with Gasteiger partial charge in [0.25, 0.3) is 11.8 Å². The summed E-state index contributed by atoms with van der Waals surface area (Å²) in [4.78, 5) is 17.0. The topological polar surface area (TPSA) is 59.0 Å². The highest BCUT2D eigenvalue weighted by atomic mass is 35.5. The normalized spacial score (nSPS) is 17.6. The summed E-state index contributed by atoms with van der Waals surface area (Å²) < 4.78 is 30.8. The summed E-state index contributed by atoms with van der Waals surface area (Å²) in [6, 6.07) is 3.13. The van der Waals surface area contributed by atoms with Crippen LogP contribution in [0.25, 0.3) is 0 Å². The van der Waals surface area contributed by atoms with Crippen molar-refractivity contribution < 1.29 is 13.6 Å². The highest BCUT2D eigenvalue weighted by molar-refractivity contribution is 7.97. The Morgan fingerprint density at radius 2 is 2.08 bits per heavy atom. The van der Waals surface area contributed by atoms with Crippen LogP contribution in [0.5, 0.6) is 0 Å². The van der Waals surface area contributed by atoms with Crippen LogP contribution in [0.1, 0.15) is 30.3 Å². The van der Waals surface area contributed by atoms with Crippen LogP contribution in [0, 0.1) is 0 Å². The molecule has 2 aromatic rings. The fraction of sp³-hybridized carbons (Fsp3) is 0.375. The number of rotatable bonds is 5. The average Bonchev–Trinajstić information content (AvgIpc) is 2.77. The maximum Gasteiger partial charge on any atom is 0.273 e. The zero-order valence-electron chi connectivity index (χ0n) is 13.9. The van der Waals surface area contributed by atoms with E-state index in [4.69, 9.17) is 23.2 Å². The Bertz CT molecular complexity index is 851. The molecule has 3 rings (SSSR count). The largest absolute Gasteiger partial charge is 0.344 e. The van der Waals surface area contributed by atoms with Crippen LogP contribution in [0.4, 0.5) is 14.5 Å². The molecular weight excluding hydrogens is 405 g/mol. The highest BCUT2D eigenvalue weighted by Gasteiger charge is 2.53.